The molecule has 4 rings (SSSR count). The van der Waals surface area contributed by atoms with Crippen molar-refractivity contribution >= 4 is 44.9 Å². The first kappa shape index (κ1) is 22.9. The minimum atomic E-state index is -0.168. The van der Waals surface area contributed by atoms with Crippen LogP contribution < -0.4 is 19.1 Å². The van der Waals surface area contributed by atoms with Crippen LogP contribution in [-0.4, -0.2) is 43.5 Å². The summed E-state index contributed by atoms with van der Waals surface area (Å²) in [5.41, 5.74) is 2.79. The molecule has 2 aromatic carbocycles. The second-order valence-electron chi connectivity index (χ2n) is 7.02. The van der Waals surface area contributed by atoms with Crippen LogP contribution in [0.4, 0.5) is 5.69 Å². The molecule has 0 aliphatic rings. The molecular formula is C24H23N3O4S2. The number of hydrogen-bond acceptors (Lipinski definition) is 8. The van der Waals surface area contributed by atoms with Crippen LogP contribution in [0.3, 0.4) is 0 Å². The van der Waals surface area contributed by atoms with Gasteiger partial charge in [0.25, 0.3) is 5.91 Å². The topological polar surface area (TPSA) is 73.8 Å². The summed E-state index contributed by atoms with van der Waals surface area (Å²) in [7, 11) is 4.79. The maximum Gasteiger partial charge on any atom is 0.261 e. The molecule has 4 aromatic rings. The molecule has 0 atom stereocenters. The van der Waals surface area contributed by atoms with E-state index in [1.807, 2.05) is 48.0 Å². The van der Waals surface area contributed by atoms with E-state index in [0.717, 1.165) is 21.0 Å². The van der Waals surface area contributed by atoms with Crippen molar-refractivity contribution in [2.75, 3.05) is 32.5 Å². The van der Waals surface area contributed by atoms with Gasteiger partial charge in [-0.1, -0.05) is 12.1 Å². The van der Waals surface area contributed by atoms with Gasteiger partial charge in [0.2, 0.25) is 0 Å². The van der Waals surface area contributed by atoms with Crippen molar-refractivity contribution in [2.24, 2.45) is 0 Å². The number of nitrogens with zero attached hydrogens (tertiary/aromatic N) is 3. The molecule has 0 unspecified atom stereocenters. The number of carbonyl (C=O) groups is 1. The Bertz CT molecular complexity index is 1250. The third kappa shape index (κ3) is 4.74. The van der Waals surface area contributed by atoms with Gasteiger partial charge in [0.15, 0.2) is 0 Å². The van der Waals surface area contributed by atoms with Gasteiger partial charge in [0.1, 0.15) is 28.6 Å². The molecule has 7 nitrogen and oxygen atoms in total. The molecule has 0 saturated carbocycles. The quantitative estimate of drug-likeness (QED) is 0.250. The van der Waals surface area contributed by atoms with E-state index in [0.29, 0.717) is 34.8 Å². The number of ether oxygens (including phenoxy) is 3. The summed E-state index contributed by atoms with van der Waals surface area (Å²) in [6.45, 7) is 0.344. The van der Waals surface area contributed by atoms with E-state index in [4.69, 9.17) is 14.2 Å². The number of fused-ring (bicyclic) bond motifs is 1. The molecule has 0 N–H and O–H groups in total. The van der Waals surface area contributed by atoms with Gasteiger partial charge in [-0.2, -0.15) is 0 Å². The molecule has 9 heteroatoms. The van der Waals surface area contributed by atoms with Crippen LogP contribution in [0.1, 0.15) is 15.9 Å². The Morgan fingerprint density at radius 3 is 2.24 bits per heavy atom. The Balaban J connectivity index is 1.81. The SMILES string of the molecule is COc1ccc(CN(C(=O)c2csc3c(SC)ncnc23)c2cc(OC)cc(OC)c2)cc1. The molecular weight excluding hydrogens is 458 g/mol. The van der Waals surface area contributed by atoms with Gasteiger partial charge in [-0.25, -0.2) is 9.97 Å². The minimum absolute atomic E-state index is 0.168. The Morgan fingerprint density at radius 1 is 0.970 bits per heavy atom. The number of hydrogen-bond donors (Lipinski definition) is 0. The van der Waals surface area contributed by atoms with Gasteiger partial charge >= 0.3 is 0 Å². The van der Waals surface area contributed by atoms with Crippen LogP contribution in [0.25, 0.3) is 10.2 Å². The van der Waals surface area contributed by atoms with Crippen molar-refractivity contribution in [3.8, 4) is 17.2 Å². The van der Waals surface area contributed by atoms with Gasteiger partial charge in [0, 0.05) is 23.6 Å². The Labute approximate surface area is 200 Å². The third-order valence-electron chi connectivity index (χ3n) is 5.14. The Hall–Kier alpha value is -3.30. The van der Waals surface area contributed by atoms with Crippen LogP contribution >= 0.6 is 23.1 Å². The van der Waals surface area contributed by atoms with E-state index in [1.165, 1.54) is 29.4 Å². The number of aromatic nitrogens is 2. The lowest BCUT2D eigenvalue weighted by atomic mass is 10.1. The first-order chi connectivity index (χ1) is 16.1. The number of carbonyl (C=O) groups excluding carboxylic acids is 1. The molecule has 33 heavy (non-hydrogen) atoms. The van der Waals surface area contributed by atoms with Crippen molar-refractivity contribution in [1.82, 2.24) is 9.97 Å². The lowest BCUT2D eigenvalue weighted by Crippen LogP contribution is -2.30. The molecule has 170 valence electrons. The number of rotatable bonds is 8. The first-order valence-electron chi connectivity index (χ1n) is 10.0. The number of anilines is 1. The highest BCUT2D eigenvalue weighted by molar-refractivity contribution is 7.98. The summed E-state index contributed by atoms with van der Waals surface area (Å²) in [6, 6.07) is 13.1. The molecule has 0 aliphatic carbocycles. The number of thioether (sulfide) groups is 1. The van der Waals surface area contributed by atoms with Crippen molar-refractivity contribution in [3.63, 3.8) is 0 Å². The third-order valence-corrected chi connectivity index (χ3v) is 6.94. The predicted molar refractivity (Wildman–Crippen MR) is 132 cm³/mol. The molecule has 0 bridgehead atoms. The van der Waals surface area contributed by atoms with Crippen LogP contribution in [-0.2, 0) is 6.54 Å². The standard InChI is InChI=1S/C24H23N3O4S2/c1-29-17-7-5-15(6-8-17)12-27(16-9-18(30-2)11-19(10-16)31-3)24(28)20-13-33-22-21(20)25-14-26-23(22)32-4/h5-11,13-14H,12H2,1-4H3. The molecule has 2 heterocycles. The highest BCUT2D eigenvalue weighted by Gasteiger charge is 2.24. The van der Waals surface area contributed by atoms with E-state index >= 15 is 0 Å². The van der Waals surface area contributed by atoms with Crippen molar-refractivity contribution in [3.05, 3.63) is 65.3 Å². The molecule has 0 fully saturated rings. The summed E-state index contributed by atoms with van der Waals surface area (Å²) in [5, 5.41) is 2.70. The lowest BCUT2D eigenvalue weighted by Gasteiger charge is -2.24. The monoisotopic (exact) mass is 481 g/mol. The zero-order valence-corrected chi connectivity index (χ0v) is 20.3. The van der Waals surface area contributed by atoms with Crippen LogP contribution in [0.15, 0.2) is 59.2 Å². The average Bonchev–Trinajstić information content (AvgIpc) is 3.31. The van der Waals surface area contributed by atoms with Gasteiger partial charge in [-0.3, -0.25) is 4.79 Å². The van der Waals surface area contributed by atoms with Crippen molar-refractivity contribution in [2.45, 2.75) is 11.6 Å². The largest absolute Gasteiger partial charge is 0.497 e. The minimum Gasteiger partial charge on any atom is -0.497 e. The number of methoxy groups -OCH3 is 3. The number of thiophene rings is 1. The zero-order valence-electron chi connectivity index (χ0n) is 18.7. The molecule has 0 radical (unpaired) electrons. The van der Waals surface area contributed by atoms with E-state index in [9.17, 15) is 4.79 Å². The summed E-state index contributed by atoms with van der Waals surface area (Å²) in [5.74, 6) is 1.78. The normalized spacial score (nSPS) is 10.8. The summed E-state index contributed by atoms with van der Waals surface area (Å²) in [4.78, 5) is 24.3. The lowest BCUT2D eigenvalue weighted by molar-refractivity contribution is 0.0987. The van der Waals surface area contributed by atoms with E-state index < -0.39 is 0 Å². The fraction of sp³-hybridized carbons (Fsp3) is 0.208. The molecule has 0 saturated heterocycles. The van der Waals surface area contributed by atoms with Crippen molar-refractivity contribution in [1.29, 1.82) is 0 Å². The Kier molecular flexibility index (Phi) is 7.00. The fourth-order valence-electron chi connectivity index (χ4n) is 3.41. The average molecular weight is 482 g/mol. The second-order valence-corrected chi connectivity index (χ2v) is 8.69. The smallest absolute Gasteiger partial charge is 0.261 e. The summed E-state index contributed by atoms with van der Waals surface area (Å²) >= 11 is 3.01. The highest BCUT2D eigenvalue weighted by atomic mass is 32.2. The van der Waals surface area contributed by atoms with Gasteiger partial charge in [0.05, 0.1) is 49.3 Å². The van der Waals surface area contributed by atoms with Crippen LogP contribution in [0.2, 0.25) is 0 Å². The van der Waals surface area contributed by atoms with Gasteiger partial charge in [-0.15, -0.1) is 23.1 Å². The molecule has 0 aliphatic heterocycles. The predicted octanol–water partition coefficient (Wildman–Crippen LogP) is 5.29. The molecule has 1 amide bonds. The summed E-state index contributed by atoms with van der Waals surface area (Å²) < 4.78 is 17.1. The molecule has 0 spiro atoms. The highest BCUT2D eigenvalue weighted by Crippen LogP contribution is 2.34. The van der Waals surface area contributed by atoms with Gasteiger partial charge in [-0.05, 0) is 24.0 Å². The number of benzene rings is 2. The Morgan fingerprint density at radius 2 is 1.64 bits per heavy atom. The van der Waals surface area contributed by atoms with Crippen molar-refractivity contribution < 1.29 is 19.0 Å². The zero-order chi connectivity index (χ0) is 23.4. The second kappa shape index (κ2) is 10.1. The first-order valence-corrected chi connectivity index (χ1v) is 12.1. The van der Waals surface area contributed by atoms with Gasteiger partial charge < -0.3 is 19.1 Å². The fourth-order valence-corrected chi connectivity index (χ4v) is 5.12. The van der Waals surface area contributed by atoms with E-state index in [1.54, 1.807) is 32.3 Å². The maximum absolute atomic E-state index is 13.9. The van der Waals surface area contributed by atoms with Crippen LogP contribution in [0, 0.1) is 0 Å². The molecule has 2 aromatic heterocycles. The summed E-state index contributed by atoms with van der Waals surface area (Å²) in [6.07, 6.45) is 3.46. The maximum atomic E-state index is 13.9. The van der Waals surface area contributed by atoms with E-state index in [-0.39, 0.29) is 5.91 Å². The number of amides is 1. The van der Waals surface area contributed by atoms with E-state index in [2.05, 4.69) is 9.97 Å². The van der Waals surface area contributed by atoms with Crippen LogP contribution in [0.5, 0.6) is 17.2 Å².